The van der Waals surface area contributed by atoms with Crippen LogP contribution in [-0.2, 0) is 21.8 Å². The molecule has 0 aliphatic heterocycles. The normalized spacial score (nSPS) is 10.6. The van der Waals surface area contributed by atoms with Gasteiger partial charge in [0.15, 0.2) is 0 Å². The molecule has 1 heterocycles. The number of hydrogen-bond acceptors (Lipinski definition) is 8. The molecule has 0 bridgehead atoms. The van der Waals surface area contributed by atoms with Crippen molar-refractivity contribution >= 4 is 51.6 Å². The molecule has 0 unspecified atom stereocenters. The largest absolute Gasteiger partial charge is 0.465 e. The van der Waals surface area contributed by atoms with Crippen molar-refractivity contribution < 1.29 is 27.5 Å². The van der Waals surface area contributed by atoms with E-state index in [-0.39, 0.29) is 47.7 Å². The number of rotatable bonds is 5. The van der Waals surface area contributed by atoms with Crippen molar-refractivity contribution in [2.75, 3.05) is 13.7 Å². The van der Waals surface area contributed by atoms with E-state index in [0.29, 0.717) is 4.68 Å². The van der Waals surface area contributed by atoms with Crippen LogP contribution in [0.25, 0.3) is 0 Å². The second kappa shape index (κ2) is 9.17. The van der Waals surface area contributed by atoms with Crippen LogP contribution in [0.4, 0.5) is 4.79 Å². The Bertz CT molecular complexity index is 1010. The molecule has 0 spiro atoms. The van der Waals surface area contributed by atoms with Crippen molar-refractivity contribution in [3.8, 4) is 6.01 Å². The second-order valence-corrected chi connectivity index (χ2v) is 6.52. The maximum absolute atomic E-state index is 12.5. The Morgan fingerprint density at radius 2 is 1.89 bits per heavy atom. The van der Waals surface area contributed by atoms with E-state index in [4.69, 9.17) is 4.74 Å². The molecule has 1 aromatic carbocycles. The summed E-state index contributed by atoms with van der Waals surface area (Å²) in [5.74, 6) is -0.896. The molecule has 0 aliphatic carbocycles. The van der Waals surface area contributed by atoms with Gasteiger partial charge in [0.25, 0.3) is 10.0 Å². The number of esters is 1. The number of carbonyl (C=O) groups excluding carboxylic acids is 2. The number of amides is 1. The van der Waals surface area contributed by atoms with Gasteiger partial charge in [0.2, 0.25) is 0 Å². The van der Waals surface area contributed by atoms with Crippen LogP contribution in [0.2, 0.25) is 0 Å². The first-order valence-electron chi connectivity index (χ1n) is 7.26. The minimum Gasteiger partial charge on any atom is -0.465 e. The number of aromatic nitrogens is 3. The average Bonchev–Trinajstić information content (AvgIpc) is 2.89. The van der Waals surface area contributed by atoms with Gasteiger partial charge in [-0.05, 0) is 19.1 Å². The molecule has 0 fully saturated rings. The molecule has 27 heavy (non-hydrogen) atoms. The Kier molecular flexibility index (Phi) is 7.77. The Morgan fingerprint density at radius 3 is 2.48 bits per heavy atom. The Morgan fingerprint density at radius 1 is 1.26 bits per heavy atom. The van der Waals surface area contributed by atoms with Crippen LogP contribution in [0.15, 0.2) is 34.0 Å². The molecule has 0 saturated carbocycles. The zero-order valence-electron chi connectivity index (χ0n) is 15.1. The topological polar surface area (TPSA) is 139 Å². The van der Waals surface area contributed by atoms with E-state index >= 15 is 0 Å². The second-order valence-electron chi connectivity index (χ2n) is 4.87. The summed E-state index contributed by atoms with van der Waals surface area (Å²) in [6.07, 6.45) is 0. The summed E-state index contributed by atoms with van der Waals surface area (Å²) in [6.45, 7) is 1.84. The predicted molar refractivity (Wildman–Crippen MR) is 93.3 cm³/mol. The molecule has 1 amide bonds. The van der Waals surface area contributed by atoms with Crippen LogP contribution in [0, 0.1) is 0 Å². The number of nitrogens with one attached hydrogen (secondary N) is 1. The average molecular weight is 407 g/mol. The Labute approximate surface area is 176 Å². The molecule has 1 radical (unpaired) electrons. The summed E-state index contributed by atoms with van der Waals surface area (Å²) in [4.78, 5) is 35.4. The van der Waals surface area contributed by atoms with Crippen LogP contribution in [0.3, 0.4) is 0 Å². The van der Waals surface area contributed by atoms with Gasteiger partial charge in [0.05, 0.1) is 19.3 Å². The number of carbonyl (C=O) groups is 2. The summed E-state index contributed by atoms with van der Waals surface area (Å²) in [6, 6.07) is 3.67. The van der Waals surface area contributed by atoms with Crippen molar-refractivity contribution in [1.29, 1.82) is 0 Å². The van der Waals surface area contributed by atoms with Gasteiger partial charge in [-0.15, -0.1) is 9.78 Å². The predicted octanol–water partition coefficient (Wildman–Crippen LogP) is -0.667. The molecule has 1 aromatic heterocycles. The summed E-state index contributed by atoms with van der Waals surface area (Å²) < 4.78 is 37.5. The number of ether oxygens (including phenoxy) is 2. The molecule has 0 saturated heterocycles. The molecule has 1 N–H and O–H groups in total. The molecule has 141 valence electrons. The quantitative estimate of drug-likeness (QED) is 0.509. The monoisotopic (exact) mass is 407 g/mol. The van der Waals surface area contributed by atoms with Gasteiger partial charge >= 0.3 is 23.7 Å². The van der Waals surface area contributed by atoms with Crippen LogP contribution in [0.5, 0.6) is 6.01 Å². The van der Waals surface area contributed by atoms with Gasteiger partial charge in [-0.1, -0.05) is 12.1 Å². The van der Waals surface area contributed by atoms with E-state index in [1.165, 1.54) is 25.2 Å². The molecular weight excluding hydrogens is 391 g/mol. The summed E-state index contributed by atoms with van der Waals surface area (Å²) >= 11 is 0. The van der Waals surface area contributed by atoms with Crippen molar-refractivity contribution in [3.63, 3.8) is 0 Å². The Balaban J connectivity index is 0.00000364. The van der Waals surface area contributed by atoms with Crippen molar-refractivity contribution in [2.24, 2.45) is 7.05 Å². The van der Waals surface area contributed by atoms with E-state index in [1.54, 1.807) is 11.6 Å². The molecule has 2 aromatic rings. The minimum atomic E-state index is -4.48. The minimum absolute atomic E-state index is 0. The van der Waals surface area contributed by atoms with Crippen molar-refractivity contribution in [1.82, 2.24) is 19.1 Å². The number of sulfonamides is 1. The third kappa shape index (κ3) is 4.77. The zero-order valence-corrected chi connectivity index (χ0v) is 17.9. The number of nitrogens with zero attached hydrogens (tertiary/aromatic N) is 3. The van der Waals surface area contributed by atoms with Crippen LogP contribution >= 0.6 is 0 Å². The fourth-order valence-corrected chi connectivity index (χ4v) is 3.12. The van der Waals surface area contributed by atoms with E-state index in [2.05, 4.69) is 9.84 Å². The van der Waals surface area contributed by atoms with Gasteiger partial charge in [-0.3, -0.25) is 0 Å². The number of hydrogen-bond donors (Lipinski definition) is 1. The van der Waals surface area contributed by atoms with Crippen LogP contribution in [0.1, 0.15) is 17.3 Å². The molecule has 11 nitrogen and oxygen atoms in total. The zero-order chi connectivity index (χ0) is 19.5. The van der Waals surface area contributed by atoms with Gasteiger partial charge in [-0.2, -0.15) is 0 Å². The summed E-state index contributed by atoms with van der Waals surface area (Å²) in [5.41, 5.74) is -1.17. The van der Waals surface area contributed by atoms with E-state index in [0.717, 1.165) is 17.7 Å². The van der Waals surface area contributed by atoms with Gasteiger partial charge in [0.1, 0.15) is 4.90 Å². The van der Waals surface area contributed by atoms with Gasteiger partial charge in [0, 0.05) is 36.6 Å². The van der Waals surface area contributed by atoms with Crippen molar-refractivity contribution in [2.45, 2.75) is 11.8 Å². The van der Waals surface area contributed by atoms with Crippen LogP contribution in [-0.4, -0.2) is 78.0 Å². The smallest absolute Gasteiger partial charge is 0.360 e. The first-order chi connectivity index (χ1) is 12.2. The van der Waals surface area contributed by atoms with Crippen LogP contribution < -0.4 is 15.1 Å². The number of benzene rings is 1. The fraction of sp³-hybridized carbons (Fsp3) is 0.286. The fourth-order valence-electron chi connectivity index (χ4n) is 2.00. The van der Waals surface area contributed by atoms with E-state index < -0.39 is 32.6 Å². The van der Waals surface area contributed by atoms with Gasteiger partial charge < -0.3 is 9.47 Å². The van der Waals surface area contributed by atoms with E-state index in [9.17, 15) is 22.8 Å². The maximum Gasteiger partial charge on any atom is 0.360 e. The first-order valence-corrected chi connectivity index (χ1v) is 8.74. The number of methoxy groups -OCH3 is 1. The molecular formula is C14H16N4NaO7S. The molecule has 0 atom stereocenters. The maximum atomic E-state index is 12.5. The molecule has 0 aliphatic rings. The molecule has 2 rings (SSSR count). The third-order valence-electron chi connectivity index (χ3n) is 3.21. The summed E-state index contributed by atoms with van der Waals surface area (Å²) in [7, 11) is -2.08. The standard InChI is InChI=1S/C14H16N4O7S.Na/c1-4-25-13-15-18(14(21)17(13)2)12(20)16-26(22,23)10-8-6-5-7-9(10)11(19)24-3;/h5-8H,4H2,1-3H3,(H,16,20);. The summed E-state index contributed by atoms with van der Waals surface area (Å²) in [5, 5.41) is 3.63. The van der Waals surface area contributed by atoms with E-state index in [1.807, 2.05) is 0 Å². The first kappa shape index (κ1) is 22.9. The van der Waals surface area contributed by atoms with Gasteiger partial charge in [-0.25, -0.2) is 32.1 Å². The van der Waals surface area contributed by atoms with Crippen molar-refractivity contribution in [3.05, 3.63) is 40.3 Å². The third-order valence-corrected chi connectivity index (χ3v) is 4.59. The SMILES string of the molecule is CCOc1nn(C(=O)NS(=O)(=O)c2ccccc2C(=O)OC)c(=O)n1C.[Na]. The molecule has 13 heteroatoms. The Hall–Kier alpha value is -2.15.